The van der Waals surface area contributed by atoms with E-state index in [0.29, 0.717) is 12.1 Å². The summed E-state index contributed by atoms with van der Waals surface area (Å²) in [6.07, 6.45) is -0.384. The first-order chi connectivity index (χ1) is 7.08. The highest BCUT2D eigenvalue weighted by molar-refractivity contribution is 5.23. The summed E-state index contributed by atoms with van der Waals surface area (Å²) in [6, 6.07) is 4.20. The maximum absolute atomic E-state index is 13.0. The van der Waals surface area contributed by atoms with Crippen LogP contribution < -0.4 is 0 Å². The van der Waals surface area contributed by atoms with Gasteiger partial charge in [-0.2, -0.15) is 10.5 Å². The molecule has 0 heterocycles. The van der Waals surface area contributed by atoms with Crippen LogP contribution in [0.4, 0.5) is 13.2 Å². The highest BCUT2D eigenvalue weighted by Gasteiger charge is 2.16. The van der Waals surface area contributed by atoms with Gasteiger partial charge in [-0.05, 0) is 0 Å². The van der Waals surface area contributed by atoms with Gasteiger partial charge in [0.2, 0.25) is 0 Å². The monoisotopic (exact) mass is 210 g/mol. The third kappa shape index (κ3) is 2.47. The molecule has 0 amide bonds. The Morgan fingerprint density at radius 3 is 1.93 bits per heavy atom. The molecule has 0 unspecified atom stereocenters. The lowest BCUT2D eigenvalue weighted by Gasteiger charge is -2.04. The quantitative estimate of drug-likeness (QED) is 0.751. The molecule has 5 heteroatoms. The molecule has 0 bridgehead atoms. The average molecular weight is 210 g/mol. The van der Waals surface area contributed by atoms with Gasteiger partial charge in [0.1, 0.15) is 23.4 Å². The van der Waals surface area contributed by atoms with E-state index in [1.807, 2.05) is 0 Å². The zero-order valence-electron chi connectivity index (χ0n) is 7.47. The van der Waals surface area contributed by atoms with Crippen molar-refractivity contribution in [2.45, 2.75) is 6.42 Å². The van der Waals surface area contributed by atoms with Crippen molar-refractivity contribution in [3.63, 3.8) is 0 Å². The van der Waals surface area contributed by atoms with Crippen molar-refractivity contribution in [3.05, 3.63) is 35.1 Å². The van der Waals surface area contributed by atoms with Gasteiger partial charge < -0.3 is 0 Å². The van der Waals surface area contributed by atoms with Gasteiger partial charge in [0.05, 0.1) is 12.1 Å². The van der Waals surface area contributed by atoms with Crippen LogP contribution >= 0.6 is 0 Å². The minimum Gasteiger partial charge on any atom is -0.207 e. The van der Waals surface area contributed by atoms with Gasteiger partial charge in [-0.25, -0.2) is 13.2 Å². The maximum atomic E-state index is 13.0. The van der Waals surface area contributed by atoms with Crippen LogP contribution in [0.5, 0.6) is 0 Å². The number of halogens is 3. The van der Waals surface area contributed by atoms with Gasteiger partial charge in [0.25, 0.3) is 0 Å². The molecule has 0 saturated carbocycles. The van der Waals surface area contributed by atoms with Gasteiger partial charge in [0.15, 0.2) is 0 Å². The van der Waals surface area contributed by atoms with Crippen LogP contribution in [0.15, 0.2) is 12.1 Å². The fourth-order valence-electron chi connectivity index (χ4n) is 1.09. The van der Waals surface area contributed by atoms with Crippen molar-refractivity contribution in [3.8, 4) is 12.1 Å². The summed E-state index contributed by atoms with van der Waals surface area (Å²) in [5.74, 6) is -4.33. The second kappa shape index (κ2) is 4.47. The Morgan fingerprint density at radius 1 is 1.07 bits per heavy atom. The van der Waals surface area contributed by atoms with Crippen molar-refractivity contribution in [2.24, 2.45) is 5.92 Å². The summed E-state index contributed by atoms with van der Waals surface area (Å²) >= 11 is 0. The Hall–Kier alpha value is -2.01. The Bertz CT molecular complexity index is 420. The van der Waals surface area contributed by atoms with Crippen LogP contribution in [-0.4, -0.2) is 0 Å². The van der Waals surface area contributed by atoms with Gasteiger partial charge in [-0.15, -0.1) is 0 Å². The van der Waals surface area contributed by atoms with Gasteiger partial charge in [-0.3, -0.25) is 0 Å². The Balaban J connectivity index is 3.07. The van der Waals surface area contributed by atoms with E-state index in [4.69, 9.17) is 10.5 Å². The highest BCUT2D eigenvalue weighted by Crippen LogP contribution is 2.18. The molecular formula is C10H5F3N2. The van der Waals surface area contributed by atoms with Crippen LogP contribution in [0.2, 0.25) is 0 Å². The highest BCUT2D eigenvalue weighted by atomic mass is 19.1. The van der Waals surface area contributed by atoms with Gasteiger partial charge in [-0.1, -0.05) is 0 Å². The van der Waals surface area contributed by atoms with Crippen molar-refractivity contribution >= 4 is 0 Å². The fourth-order valence-corrected chi connectivity index (χ4v) is 1.09. The minimum absolute atomic E-state index is 0.384. The SMILES string of the molecule is N#CC(C#N)Cc1c(F)cc(F)cc1F. The summed E-state index contributed by atoms with van der Waals surface area (Å²) < 4.78 is 38.6. The topological polar surface area (TPSA) is 47.6 Å². The number of hydrogen-bond donors (Lipinski definition) is 0. The molecule has 0 saturated heterocycles. The van der Waals surface area contributed by atoms with Crippen molar-refractivity contribution in [2.75, 3.05) is 0 Å². The largest absolute Gasteiger partial charge is 0.207 e. The summed E-state index contributed by atoms with van der Waals surface area (Å²) in [4.78, 5) is 0. The Kier molecular flexibility index (Phi) is 3.30. The van der Waals surface area contributed by atoms with Crippen molar-refractivity contribution < 1.29 is 13.2 Å². The third-order valence-corrected chi connectivity index (χ3v) is 1.83. The van der Waals surface area contributed by atoms with E-state index in [1.54, 1.807) is 12.1 Å². The second-order valence-corrected chi connectivity index (χ2v) is 2.86. The van der Waals surface area contributed by atoms with Crippen LogP contribution in [0.1, 0.15) is 5.56 Å². The zero-order chi connectivity index (χ0) is 11.4. The van der Waals surface area contributed by atoms with Crippen LogP contribution in [-0.2, 0) is 6.42 Å². The van der Waals surface area contributed by atoms with E-state index in [9.17, 15) is 13.2 Å². The molecule has 0 fully saturated rings. The normalized spacial score (nSPS) is 9.73. The summed E-state index contributed by atoms with van der Waals surface area (Å²) in [6.45, 7) is 0. The van der Waals surface area contributed by atoms with Crippen LogP contribution in [0.3, 0.4) is 0 Å². The lowest BCUT2D eigenvalue weighted by atomic mass is 10.0. The molecule has 2 nitrogen and oxygen atoms in total. The summed E-state index contributed by atoms with van der Waals surface area (Å²) in [5.41, 5.74) is -0.440. The van der Waals surface area contributed by atoms with Crippen molar-refractivity contribution in [1.82, 2.24) is 0 Å². The van der Waals surface area contributed by atoms with Crippen LogP contribution in [0.25, 0.3) is 0 Å². The van der Waals surface area contributed by atoms with Gasteiger partial charge in [0, 0.05) is 24.1 Å². The second-order valence-electron chi connectivity index (χ2n) is 2.86. The number of rotatable bonds is 2. The van der Waals surface area contributed by atoms with Gasteiger partial charge >= 0.3 is 0 Å². The standard InChI is InChI=1S/C10H5F3N2/c11-7-2-9(12)8(10(13)3-7)1-6(4-14)5-15/h2-3,6H,1H2. The molecule has 1 rings (SSSR count). The van der Waals surface area contributed by atoms with E-state index in [-0.39, 0.29) is 6.42 Å². The lowest BCUT2D eigenvalue weighted by molar-refractivity contribution is 0.518. The smallest absolute Gasteiger partial charge is 0.137 e. The first-order valence-corrected chi connectivity index (χ1v) is 4.01. The maximum Gasteiger partial charge on any atom is 0.137 e. The Morgan fingerprint density at radius 2 is 1.53 bits per heavy atom. The number of hydrogen-bond acceptors (Lipinski definition) is 2. The zero-order valence-corrected chi connectivity index (χ0v) is 7.47. The fraction of sp³-hybridized carbons (Fsp3) is 0.200. The summed E-state index contributed by atoms with van der Waals surface area (Å²) in [5, 5.41) is 16.9. The van der Waals surface area contributed by atoms with E-state index < -0.39 is 28.9 Å². The molecule has 1 aromatic carbocycles. The molecular weight excluding hydrogens is 205 g/mol. The molecule has 1 aromatic rings. The van der Waals surface area contributed by atoms with E-state index in [2.05, 4.69) is 0 Å². The first-order valence-electron chi connectivity index (χ1n) is 4.01. The van der Waals surface area contributed by atoms with E-state index in [0.717, 1.165) is 0 Å². The molecule has 0 atom stereocenters. The van der Waals surface area contributed by atoms with E-state index >= 15 is 0 Å². The molecule has 15 heavy (non-hydrogen) atoms. The predicted molar refractivity (Wildman–Crippen MR) is 44.7 cm³/mol. The number of nitrogens with zero attached hydrogens (tertiary/aromatic N) is 2. The molecule has 0 aliphatic heterocycles. The molecule has 0 spiro atoms. The van der Waals surface area contributed by atoms with Crippen molar-refractivity contribution in [1.29, 1.82) is 10.5 Å². The molecule has 0 N–H and O–H groups in total. The number of benzene rings is 1. The summed E-state index contributed by atoms with van der Waals surface area (Å²) in [7, 11) is 0. The molecule has 0 aliphatic rings. The van der Waals surface area contributed by atoms with E-state index in [1.165, 1.54) is 0 Å². The minimum atomic E-state index is -1.14. The average Bonchev–Trinajstić information content (AvgIpc) is 2.17. The molecule has 0 aromatic heterocycles. The third-order valence-electron chi connectivity index (χ3n) is 1.83. The lowest BCUT2D eigenvalue weighted by Crippen LogP contribution is -2.04. The molecule has 0 aliphatic carbocycles. The number of nitriles is 2. The first kappa shape index (κ1) is 11.1. The Labute approximate surface area is 84.2 Å². The molecule has 0 radical (unpaired) electrons. The van der Waals surface area contributed by atoms with Crippen LogP contribution in [0, 0.1) is 46.0 Å². The predicted octanol–water partition coefficient (Wildman–Crippen LogP) is 2.31. The molecule has 76 valence electrons.